The SMILES string of the molecule is O=C(Nc1nnc(C2CCCN2)o1)c1c(F)cccc1Cl. The van der Waals surface area contributed by atoms with E-state index in [1.165, 1.54) is 12.1 Å². The maximum Gasteiger partial charge on any atom is 0.322 e. The highest BCUT2D eigenvalue weighted by Crippen LogP contribution is 2.24. The van der Waals surface area contributed by atoms with Gasteiger partial charge in [0.1, 0.15) is 5.82 Å². The van der Waals surface area contributed by atoms with Gasteiger partial charge in [0.25, 0.3) is 5.91 Å². The summed E-state index contributed by atoms with van der Waals surface area (Å²) >= 11 is 5.82. The van der Waals surface area contributed by atoms with Crippen molar-refractivity contribution in [3.8, 4) is 0 Å². The van der Waals surface area contributed by atoms with Crippen LogP contribution in [0.5, 0.6) is 0 Å². The van der Waals surface area contributed by atoms with Gasteiger partial charge in [0, 0.05) is 0 Å². The molecule has 2 aromatic rings. The van der Waals surface area contributed by atoms with E-state index in [4.69, 9.17) is 16.0 Å². The third-order valence-electron chi connectivity index (χ3n) is 3.21. The van der Waals surface area contributed by atoms with Gasteiger partial charge in [-0.2, -0.15) is 0 Å². The Labute approximate surface area is 124 Å². The Bertz CT molecular complexity index is 650. The molecule has 2 heterocycles. The Kier molecular flexibility index (Phi) is 3.85. The fourth-order valence-electron chi connectivity index (χ4n) is 2.20. The summed E-state index contributed by atoms with van der Waals surface area (Å²) in [5.41, 5.74) is -0.252. The van der Waals surface area contributed by atoms with Crippen LogP contribution in [0, 0.1) is 5.82 Å². The largest absolute Gasteiger partial charge is 0.406 e. The Morgan fingerprint density at radius 2 is 2.33 bits per heavy atom. The van der Waals surface area contributed by atoms with Crippen LogP contribution in [0.4, 0.5) is 10.4 Å². The predicted molar refractivity (Wildman–Crippen MR) is 73.6 cm³/mol. The number of aromatic nitrogens is 2. The number of nitrogens with zero attached hydrogens (tertiary/aromatic N) is 2. The van der Waals surface area contributed by atoms with Crippen LogP contribution in [0.1, 0.15) is 35.1 Å². The van der Waals surface area contributed by atoms with Gasteiger partial charge in [0.05, 0.1) is 16.6 Å². The molecule has 0 saturated carbocycles. The molecule has 1 amide bonds. The molecular formula is C13H12ClFN4O2. The second-order valence-electron chi connectivity index (χ2n) is 4.65. The summed E-state index contributed by atoms with van der Waals surface area (Å²) in [4.78, 5) is 12.0. The van der Waals surface area contributed by atoms with Crippen LogP contribution < -0.4 is 10.6 Å². The lowest BCUT2D eigenvalue weighted by atomic mass is 10.2. The van der Waals surface area contributed by atoms with Gasteiger partial charge >= 0.3 is 6.01 Å². The number of carbonyl (C=O) groups is 1. The van der Waals surface area contributed by atoms with Gasteiger partial charge in [-0.3, -0.25) is 10.1 Å². The summed E-state index contributed by atoms with van der Waals surface area (Å²) in [5.74, 6) is -1.03. The number of carbonyl (C=O) groups excluding carboxylic acids is 1. The number of rotatable bonds is 3. The molecule has 0 radical (unpaired) electrons. The summed E-state index contributed by atoms with van der Waals surface area (Å²) in [7, 11) is 0. The molecule has 1 aliphatic heterocycles. The zero-order valence-corrected chi connectivity index (χ0v) is 11.7. The normalized spacial score (nSPS) is 17.9. The quantitative estimate of drug-likeness (QED) is 0.910. The number of hydrogen-bond acceptors (Lipinski definition) is 5. The molecule has 21 heavy (non-hydrogen) atoms. The van der Waals surface area contributed by atoms with E-state index in [0.717, 1.165) is 25.5 Å². The lowest BCUT2D eigenvalue weighted by Crippen LogP contribution is -2.14. The monoisotopic (exact) mass is 310 g/mol. The van der Waals surface area contributed by atoms with E-state index in [1.54, 1.807) is 0 Å². The lowest BCUT2D eigenvalue weighted by molar-refractivity contribution is 0.102. The predicted octanol–water partition coefficient (Wildman–Crippen LogP) is 2.54. The minimum atomic E-state index is -0.729. The maximum absolute atomic E-state index is 13.6. The van der Waals surface area contributed by atoms with Crippen LogP contribution in [0.15, 0.2) is 22.6 Å². The third kappa shape index (κ3) is 2.88. The van der Waals surface area contributed by atoms with E-state index in [1.807, 2.05) is 0 Å². The fraction of sp³-hybridized carbons (Fsp3) is 0.308. The van der Waals surface area contributed by atoms with Crippen molar-refractivity contribution in [3.63, 3.8) is 0 Å². The Morgan fingerprint density at radius 1 is 1.48 bits per heavy atom. The molecule has 0 aliphatic carbocycles. The topological polar surface area (TPSA) is 80.0 Å². The number of anilines is 1. The van der Waals surface area contributed by atoms with E-state index in [9.17, 15) is 9.18 Å². The molecule has 6 nitrogen and oxygen atoms in total. The molecule has 1 aromatic carbocycles. The molecule has 1 aromatic heterocycles. The summed E-state index contributed by atoms with van der Waals surface area (Å²) in [5, 5.41) is 13.2. The van der Waals surface area contributed by atoms with Crippen molar-refractivity contribution >= 4 is 23.5 Å². The van der Waals surface area contributed by atoms with Gasteiger partial charge < -0.3 is 9.73 Å². The Balaban J connectivity index is 1.76. The van der Waals surface area contributed by atoms with E-state index in [0.29, 0.717) is 5.89 Å². The van der Waals surface area contributed by atoms with Gasteiger partial charge in [0.2, 0.25) is 5.89 Å². The lowest BCUT2D eigenvalue weighted by Gasteiger charge is -2.05. The average Bonchev–Trinajstić information content (AvgIpc) is 3.08. The number of amides is 1. The second-order valence-corrected chi connectivity index (χ2v) is 5.05. The molecule has 0 spiro atoms. The highest BCUT2D eigenvalue weighted by molar-refractivity contribution is 6.34. The molecule has 110 valence electrons. The van der Waals surface area contributed by atoms with Gasteiger partial charge in [-0.25, -0.2) is 4.39 Å². The Morgan fingerprint density at radius 3 is 3.05 bits per heavy atom. The first-order valence-corrected chi connectivity index (χ1v) is 6.85. The molecule has 1 atom stereocenters. The summed E-state index contributed by atoms with van der Waals surface area (Å²) < 4.78 is 19.0. The number of halogens is 2. The first-order valence-electron chi connectivity index (χ1n) is 6.47. The third-order valence-corrected chi connectivity index (χ3v) is 3.52. The minimum Gasteiger partial charge on any atom is -0.406 e. The second kappa shape index (κ2) is 5.79. The molecular weight excluding hydrogens is 299 g/mol. The van der Waals surface area contributed by atoms with Crippen LogP contribution in [-0.2, 0) is 0 Å². The Hall–Kier alpha value is -1.99. The summed E-state index contributed by atoms with van der Waals surface area (Å²) in [6.45, 7) is 0.888. The average molecular weight is 311 g/mol. The van der Waals surface area contributed by atoms with Gasteiger partial charge in [-0.1, -0.05) is 22.8 Å². The van der Waals surface area contributed by atoms with Crippen molar-refractivity contribution in [2.45, 2.75) is 18.9 Å². The maximum atomic E-state index is 13.6. The summed E-state index contributed by atoms with van der Waals surface area (Å²) in [6, 6.07) is 3.93. The van der Waals surface area contributed by atoms with Crippen molar-refractivity contribution in [2.24, 2.45) is 0 Å². The smallest absolute Gasteiger partial charge is 0.322 e. The van der Waals surface area contributed by atoms with Crippen LogP contribution in [-0.4, -0.2) is 22.6 Å². The first kappa shape index (κ1) is 14.0. The van der Waals surface area contributed by atoms with Gasteiger partial charge in [0.15, 0.2) is 0 Å². The fourth-order valence-corrected chi connectivity index (χ4v) is 2.44. The molecule has 3 rings (SSSR count). The minimum absolute atomic E-state index is 0.000186. The number of nitrogens with one attached hydrogen (secondary N) is 2. The number of benzene rings is 1. The van der Waals surface area contributed by atoms with Crippen LogP contribution in [0.3, 0.4) is 0 Å². The number of hydrogen-bond donors (Lipinski definition) is 2. The zero-order chi connectivity index (χ0) is 14.8. The van der Waals surface area contributed by atoms with E-state index < -0.39 is 11.7 Å². The molecule has 1 unspecified atom stereocenters. The van der Waals surface area contributed by atoms with Crippen molar-refractivity contribution in [3.05, 3.63) is 40.5 Å². The molecule has 0 bridgehead atoms. The summed E-state index contributed by atoms with van der Waals surface area (Å²) in [6.07, 6.45) is 1.92. The van der Waals surface area contributed by atoms with E-state index >= 15 is 0 Å². The van der Waals surface area contributed by atoms with E-state index in [2.05, 4.69) is 20.8 Å². The molecule has 2 N–H and O–H groups in total. The standard InChI is InChI=1S/C13H12ClFN4O2/c14-7-3-1-4-8(15)10(7)11(20)17-13-19-18-12(21-13)9-5-2-6-16-9/h1,3-4,9,16H,2,5-6H2,(H,17,19,20). The van der Waals surface area contributed by atoms with Crippen LogP contribution in [0.2, 0.25) is 5.02 Å². The molecule has 1 saturated heterocycles. The van der Waals surface area contributed by atoms with Crippen molar-refractivity contribution < 1.29 is 13.6 Å². The molecule has 1 aliphatic rings. The van der Waals surface area contributed by atoms with Crippen LogP contribution in [0.25, 0.3) is 0 Å². The van der Waals surface area contributed by atoms with Crippen LogP contribution >= 0.6 is 11.6 Å². The highest BCUT2D eigenvalue weighted by atomic mass is 35.5. The first-order chi connectivity index (χ1) is 10.1. The zero-order valence-electron chi connectivity index (χ0n) is 10.9. The van der Waals surface area contributed by atoms with Crippen molar-refractivity contribution in [1.82, 2.24) is 15.5 Å². The highest BCUT2D eigenvalue weighted by Gasteiger charge is 2.23. The van der Waals surface area contributed by atoms with Crippen molar-refractivity contribution in [1.29, 1.82) is 0 Å². The van der Waals surface area contributed by atoms with E-state index in [-0.39, 0.29) is 22.6 Å². The van der Waals surface area contributed by atoms with Gasteiger partial charge in [-0.05, 0) is 31.5 Å². The van der Waals surface area contributed by atoms with Crippen molar-refractivity contribution in [2.75, 3.05) is 11.9 Å². The molecule has 8 heteroatoms. The van der Waals surface area contributed by atoms with Gasteiger partial charge in [-0.15, -0.1) is 5.10 Å². The molecule has 1 fully saturated rings.